The lowest BCUT2D eigenvalue weighted by Crippen LogP contribution is -2.02. The molecule has 23 heavy (non-hydrogen) atoms. The van der Waals surface area contributed by atoms with Crippen LogP contribution in [-0.4, -0.2) is 0 Å². The maximum atomic E-state index is 2.29. The van der Waals surface area contributed by atoms with E-state index in [1.807, 2.05) is 0 Å². The Kier molecular flexibility index (Phi) is 6.05. The molecule has 0 fully saturated rings. The monoisotopic (exact) mass is 320 g/mol. The molecular weight excluding hydrogens is 296 g/mol. The van der Waals surface area contributed by atoms with Gasteiger partial charge in [0.05, 0.1) is 0 Å². The number of hydrogen-bond acceptors (Lipinski definition) is 1. The Labute approximate surface area is 143 Å². The second-order valence-corrected chi connectivity index (χ2v) is 6.94. The van der Waals surface area contributed by atoms with Gasteiger partial charge in [-0.1, -0.05) is 60.7 Å². The molecule has 0 nitrogen and oxygen atoms in total. The zero-order valence-corrected chi connectivity index (χ0v) is 14.3. The highest BCUT2D eigenvalue weighted by atomic mass is 32.1. The van der Waals surface area contributed by atoms with E-state index in [2.05, 4.69) is 77.5 Å². The molecule has 0 amide bonds. The number of hydrogen-bond donors (Lipinski definition) is 0. The third-order valence-electron chi connectivity index (χ3n) is 4.49. The highest BCUT2D eigenvalue weighted by Gasteiger charge is 2.11. The van der Waals surface area contributed by atoms with Gasteiger partial charge in [0.15, 0.2) is 0 Å². The molecule has 0 saturated carbocycles. The molecule has 0 bridgehead atoms. The lowest BCUT2D eigenvalue weighted by Gasteiger charge is -2.17. The number of rotatable bonds is 8. The Hall–Kier alpha value is -1.86. The molecule has 1 atom stereocenters. The minimum absolute atomic E-state index is 0.666. The molecule has 1 heteroatoms. The minimum atomic E-state index is 0.666. The largest absolute Gasteiger partial charge is 0.152 e. The summed E-state index contributed by atoms with van der Waals surface area (Å²) in [6.07, 6.45) is 6.14. The number of aryl methyl sites for hydroxylation is 2. The summed E-state index contributed by atoms with van der Waals surface area (Å²) in [4.78, 5) is 0. The zero-order valence-electron chi connectivity index (χ0n) is 13.5. The van der Waals surface area contributed by atoms with Crippen molar-refractivity contribution in [3.63, 3.8) is 0 Å². The second-order valence-electron chi connectivity index (χ2n) is 6.16. The van der Waals surface area contributed by atoms with Gasteiger partial charge in [-0.2, -0.15) is 11.3 Å². The van der Waals surface area contributed by atoms with E-state index in [1.54, 1.807) is 11.3 Å². The van der Waals surface area contributed by atoms with Crippen molar-refractivity contribution in [3.05, 3.63) is 94.2 Å². The summed E-state index contributed by atoms with van der Waals surface area (Å²) in [5, 5.41) is 4.47. The molecule has 118 valence electrons. The highest BCUT2D eigenvalue weighted by Crippen LogP contribution is 2.27. The van der Waals surface area contributed by atoms with Crippen molar-refractivity contribution in [3.8, 4) is 0 Å². The number of benzene rings is 2. The standard InChI is InChI=1S/C22H24S/c1-3-8-19(9-4-1)10-7-13-22(21-11-5-2-6-12-21)15-14-20-16-17-23-18-20/h1-6,8-9,11-12,16-18,22H,7,10,13-15H2. The molecule has 0 aliphatic rings. The van der Waals surface area contributed by atoms with Gasteiger partial charge in [-0.3, -0.25) is 0 Å². The molecule has 0 aliphatic carbocycles. The van der Waals surface area contributed by atoms with Crippen molar-refractivity contribution >= 4 is 11.3 Å². The van der Waals surface area contributed by atoms with Gasteiger partial charge in [0.25, 0.3) is 0 Å². The highest BCUT2D eigenvalue weighted by molar-refractivity contribution is 7.07. The van der Waals surface area contributed by atoms with Crippen molar-refractivity contribution in [2.24, 2.45) is 0 Å². The van der Waals surface area contributed by atoms with Crippen molar-refractivity contribution in [2.45, 2.75) is 38.0 Å². The molecule has 0 spiro atoms. The van der Waals surface area contributed by atoms with Crippen LogP contribution in [-0.2, 0) is 12.8 Å². The molecule has 0 N–H and O–H groups in total. The van der Waals surface area contributed by atoms with Crippen LogP contribution in [0.5, 0.6) is 0 Å². The van der Waals surface area contributed by atoms with E-state index in [9.17, 15) is 0 Å². The normalized spacial score (nSPS) is 12.2. The molecule has 0 radical (unpaired) electrons. The first-order valence-corrected chi connectivity index (χ1v) is 9.46. The van der Waals surface area contributed by atoms with Crippen LogP contribution in [0.1, 0.15) is 41.9 Å². The Bertz CT molecular complexity index is 656. The van der Waals surface area contributed by atoms with Crippen LogP contribution >= 0.6 is 11.3 Å². The maximum Gasteiger partial charge on any atom is -0.00613 e. The fourth-order valence-electron chi connectivity index (χ4n) is 3.18. The molecule has 3 aromatic rings. The van der Waals surface area contributed by atoms with Gasteiger partial charge in [0.2, 0.25) is 0 Å². The molecule has 2 aromatic carbocycles. The van der Waals surface area contributed by atoms with Crippen molar-refractivity contribution in [1.29, 1.82) is 0 Å². The zero-order chi connectivity index (χ0) is 15.7. The van der Waals surface area contributed by atoms with Gasteiger partial charge in [0.1, 0.15) is 0 Å². The van der Waals surface area contributed by atoms with Crippen LogP contribution in [0.25, 0.3) is 0 Å². The predicted octanol–water partition coefficient (Wildman–Crippen LogP) is 6.49. The smallest absolute Gasteiger partial charge is 0.00613 e. The summed E-state index contributed by atoms with van der Waals surface area (Å²) < 4.78 is 0. The van der Waals surface area contributed by atoms with E-state index in [4.69, 9.17) is 0 Å². The van der Waals surface area contributed by atoms with E-state index in [1.165, 1.54) is 48.8 Å². The van der Waals surface area contributed by atoms with Gasteiger partial charge in [0, 0.05) is 0 Å². The summed E-state index contributed by atoms with van der Waals surface area (Å²) in [6.45, 7) is 0. The lowest BCUT2D eigenvalue weighted by atomic mass is 9.88. The van der Waals surface area contributed by atoms with Crippen molar-refractivity contribution < 1.29 is 0 Å². The first-order chi connectivity index (χ1) is 11.4. The summed E-state index contributed by atoms with van der Waals surface area (Å²) in [6, 6.07) is 24.2. The molecule has 1 heterocycles. The van der Waals surface area contributed by atoms with Crippen LogP contribution in [0.2, 0.25) is 0 Å². The Morgan fingerprint density at radius 1 is 0.696 bits per heavy atom. The van der Waals surface area contributed by atoms with Gasteiger partial charge in [-0.05, 0) is 71.5 Å². The lowest BCUT2D eigenvalue weighted by molar-refractivity contribution is 0.553. The van der Waals surface area contributed by atoms with E-state index in [0.29, 0.717) is 5.92 Å². The Balaban J connectivity index is 1.58. The quantitative estimate of drug-likeness (QED) is 0.445. The Morgan fingerprint density at radius 3 is 2.13 bits per heavy atom. The van der Waals surface area contributed by atoms with Crippen molar-refractivity contribution in [2.75, 3.05) is 0 Å². The fraction of sp³-hybridized carbons (Fsp3) is 0.273. The molecule has 0 saturated heterocycles. The van der Waals surface area contributed by atoms with E-state index in [-0.39, 0.29) is 0 Å². The average Bonchev–Trinajstić information content (AvgIpc) is 3.13. The molecular formula is C22H24S. The molecule has 1 aromatic heterocycles. The first-order valence-electron chi connectivity index (χ1n) is 8.52. The van der Waals surface area contributed by atoms with Crippen LogP contribution in [0.15, 0.2) is 77.5 Å². The van der Waals surface area contributed by atoms with E-state index >= 15 is 0 Å². The Morgan fingerprint density at radius 2 is 1.43 bits per heavy atom. The molecule has 1 unspecified atom stereocenters. The van der Waals surface area contributed by atoms with Crippen molar-refractivity contribution in [1.82, 2.24) is 0 Å². The van der Waals surface area contributed by atoms with Gasteiger partial charge >= 0.3 is 0 Å². The summed E-state index contributed by atoms with van der Waals surface area (Å²) in [5.41, 5.74) is 4.44. The van der Waals surface area contributed by atoms with E-state index in [0.717, 1.165) is 0 Å². The third-order valence-corrected chi connectivity index (χ3v) is 5.23. The van der Waals surface area contributed by atoms with Crippen LogP contribution in [0.3, 0.4) is 0 Å². The SMILES string of the molecule is c1ccc(CCCC(CCc2ccsc2)c2ccccc2)cc1. The summed E-state index contributed by atoms with van der Waals surface area (Å²) in [7, 11) is 0. The average molecular weight is 321 g/mol. The van der Waals surface area contributed by atoms with E-state index < -0.39 is 0 Å². The predicted molar refractivity (Wildman–Crippen MR) is 101 cm³/mol. The second kappa shape index (κ2) is 8.69. The van der Waals surface area contributed by atoms with Crippen LogP contribution in [0.4, 0.5) is 0 Å². The topological polar surface area (TPSA) is 0 Å². The molecule has 0 aliphatic heterocycles. The minimum Gasteiger partial charge on any atom is -0.152 e. The molecule has 3 rings (SSSR count). The van der Waals surface area contributed by atoms with Crippen LogP contribution < -0.4 is 0 Å². The van der Waals surface area contributed by atoms with Gasteiger partial charge in [-0.25, -0.2) is 0 Å². The third kappa shape index (κ3) is 5.07. The first kappa shape index (κ1) is 16.0. The maximum absolute atomic E-state index is 2.29. The fourth-order valence-corrected chi connectivity index (χ4v) is 3.88. The number of thiophene rings is 1. The summed E-state index contributed by atoms with van der Waals surface area (Å²) >= 11 is 1.80. The summed E-state index contributed by atoms with van der Waals surface area (Å²) in [5.74, 6) is 0.666. The van der Waals surface area contributed by atoms with Gasteiger partial charge in [-0.15, -0.1) is 0 Å². The van der Waals surface area contributed by atoms with Gasteiger partial charge < -0.3 is 0 Å². The van der Waals surface area contributed by atoms with Crippen LogP contribution in [0, 0.1) is 0 Å².